The Morgan fingerprint density at radius 3 is 2.65 bits per heavy atom. The molecule has 1 unspecified atom stereocenters. The third-order valence-electron chi connectivity index (χ3n) is 4.01. The van der Waals surface area contributed by atoms with Gasteiger partial charge in [0.2, 0.25) is 0 Å². The smallest absolute Gasteiger partial charge is 0.263 e. The van der Waals surface area contributed by atoms with Crippen molar-refractivity contribution >= 4 is 17.5 Å². The van der Waals surface area contributed by atoms with E-state index in [1.54, 1.807) is 6.07 Å². The molecule has 0 N–H and O–H groups in total. The third-order valence-corrected chi connectivity index (χ3v) is 4.24. The van der Waals surface area contributed by atoms with Gasteiger partial charge in [0.25, 0.3) is 5.91 Å². The Bertz CT molecular complexity index is 483. The second-order valence-corrected chi connectivity index (χ2v) is 5.99. The molecule has 1 atom stereocenters. The van der Waals surface area contributed by atoms with Crippen molar-refractivity contribution in [3.8, 4) is 5.75 Å². The van der Waals surface area contributed by atoms with Gasteiger partial charge >= 0.3 is 0 Å². The van der Waals surface area contributed by atoms with Crippen molar-refractivity contribution in [2.45, 2.75) is 51.7 Å². The molecular formula is C16H22ClNO2. The van der Waals surface area contributed by atoms with Gasteiger partial charge in [-0.15, -0.1) is 0 Å². The van der Waals surface area contributed by atoms with Gasteiger partial charge in [0, 0.05) is 18.1 Å². The Labute approximate surface area is 125 Å². The molecule has 0 aliphatic heterocycles. The number of amides is 1. The SMILES string of the molecule is Cc1cc(Cl)ccc1OC(C)C(=O)N(C)C1CCCC1. The van der Waals surface area contributed by atoms with Gasteiger partial charge in [0.1, 0.15) is 5.75 Å². The summed E-state index contributed by atoms with van der Waals surface area (Å²) in [6.45, 7) is 3.74. The number of hydrogen-bond acceptors (Lipinski definition) is 2. The minimum Gasteiger partial charge on any atom is -0.481 e. The second-order valence-electron chi connectivity index (χ2n) is 5.56. The van der Waals surface area contributed by atoms with E-state index < -0.39 is 6.10 Å². The van der Waals surface area contributed by atoms with Crippen molar-refractivity contribution in [1.82, 2.24) is 4.90 Å². The van der Waals surface area contributed by atoms with Crippen molar-refractivity contribution in [2.24, 2.45) is 0 Å². The van der Waals surface area contributed by atoms with E-state index in [0.717, 1.165) is 24.2 Å². The molecule has 1 amide bonds. The number of aryl methyl sites for hydroxylation is 1. The fourth-order valence-electron chi connectivity index (χ4n) is 2.74. The molecule has 0 radical (unpaired) electrons. The van der Waals surface area contributed by atoms with Gasteiger partial charge in [-0.25, -0.2) is 0 Å². The lowest BCUT2D eigenvalue weighted by Gasteiger charge is -2.27. The molecule has 20 heavy (non-hydrogen) atoms. The number of halogens is 1. The van der Waals surface area contributed by atoms with Gasteiger partial charge in [-0.05, 0) is 50.5 Å². The van der Waals surface area contributed by atoms with E-state index in [-0.39, 0.29) is 5.91 Å². The molecule has 4 heteroatoms. The monoisotopic (exact) mass is 295 g/mol. The molecule has 0 saturated heterocycles. The van der Waals surface area contributed by atoms with Gasteiger partial charge in [-0.2, -0.15) is 0 Å². The number of rotatable bonds is 4. The van der Waals surface area contributed by atoms with E-state index in [1.807, 2.05) is 37.9 Å². The minimum absolute atomic E-state index is 0.0475. The number of ether oxygens (including phenoxy) is 1. The van der Waals surface area contributed by atoms with Gasteiger partial charge in [0.15, 0.2) is 6.10 Å². The summed E-state index contributed by atoms with van der Waals surface area (Å²) in [7, 11) is 1.88. The van der Waals surface area contributed by atoms with Crippen LogP contribution in [0.4, 0.5) is 0 Å². The Morgan fingerprint density at radius 1 is 1.40 bits per heavy atom. The van der Waals surface area contributed by atoms with E-state index in [2.05, 4.69) is 0 Å². The Kier molecular flexibility index (Phi) is 4.92. The first-order chi connectivity index (χ1) is 9.49. The molecule has 1 aromatic carbocycles. The van der Waals surface area contributed by atoms with Crippen LogP contribution in [0.2, 0.25) is 5.02 Å². The normalized spacial score (nSPS) is 17.0. The standard InChI is InChI=1S/C16H22ClNO2/c1-11-10-13(17)8-9-15(11)20-12(2)16(19)18(3)14-6-4-5-7-14/h8-10,12,14H,4-7H2,1-3H3. The molecule has 2 rings (SSSR count). The number of benzene rings is 1. The van der Waals surface area contributed by atoms with Crippen LogP contribution in [0.15, 0.2) is 18.2 Å². The van der Waals surface area contributed by atoms with E-state index in [0.29, 0.717) is 11.1 Å². The molecule has 1 saturated carbocycles. The predicted octanol–water partition coefficient (Wildman–Crippen LogP) is 3.82. The van der Waals surface area contributed by atoms with E-state index in [9.17, 15) is 4.79 Å². The molecule has 1 aromatic rings. The van der Waals surface area contributed by atoms with Crippen LogP contribution in [0.25, 0.3) is 0 Å². The summed E-state index contributed by atoms with van der Waals surface area (Å²) in [5, 5.41) is 0.678. The maximum atomic E-state index is 12.4. The molecule has 0 spiro atoms. The number of hydrogen-bond donors (Lipinski definition) is 0. The topological polar surface area (TPSA) is 29.5 Å². The first-order valence-electron chi connectivity index (χ1n) is 7.18. The summed E-state index contributed by atoms with van der Waals surface area (Å²) in [6.07, 6.45) is 4.17. The zero-order valence-corrected chi connectivity index (χ0v) is 13.1. The van der Waals surface area contributed by atoms with Gasteiger partial charge in [-0.1, -0.05) is 24.4 Å². The fourth-order valence-corrected chi connectivity index (χ4v) is 2.97. The van der Waals surface area contributed by atoms with Crippen molar-refractivity contribution in [2.75, 3.05) is 7.05 Å². The maximum absolute atomic E-state index is 12.4. The number of nitrogens with zero attached hydrogens (tertiary/aromatic N) is 1. The number of likely N-dealkylation sites (N-methyl/N-ethyl adjacent to an activating group) is 1. The summed E-state index contributed by atoms with van der Waals surface area (Å²) < 4.78 is 5.79. The zero-order chi connectivity index (χ0) is 14.7. The lowest BCUT2D eigenvalue weighted by Crippen LogP contribution is -2.42. The van der Waals surface area contributed by atoms with Crippen LogP contribution in [-0.4, -0.2) is 30.0 Å². The summed E-state index contributed by atoms with van der Waals surface area (Å²) >= 11 is 5.92. The van der Waals surface area contributed by atoms with Gasteiger partial charge in [0.05, 0.1) is 0 Å². The molecule has 0 bridgehead atoms. The summed E-state index contributed by atoms with van der Waals surface area (Å²) in [6, 6.07) is 5.81. The molecule has 0 heterocycles. The molecule has 1 aliphatic rings. The van der Waals surface area contributed by atoms with E-state index in [1.165, 1.54) is 12.8 Å². The molecule has 1 fully saturated rings. The average Bonchev–Trinajstić information content (AvgIpc) is 2.94. The van der Waals surface area contributed by atoms with Crippen molar-refractivity contribution in [1.29, 1.82) is 0 Å². The van der Waals surface area contributed by atoms with Crippen LogP contribution in [-0.2, 0) is 4.79 Å². The van der Waals surface area contributed by atoms with Crippen LogP contribution < -0.4 is 4.74 Å². The van der Waals surface area contributed by atoms with E-state index in [4.69, 9.17) is 16.3 Å². The van der Waals surface area contributed by atoms with Crippen LogP contribution in [0.1, 0.15) is 38.2 Å². The maximum Gasteiger partial charge on any atom is 0.263 e. The third kappa shape index (κ3) is 3.45. The highest BCUT2D eigenvalue weighted by Gasteiger charge is 2.27. The van der Waals surface area contributed by atoms with Crippen molar-refractivity contribution in [3.05, 3.63) is 28.8 Å². The van der Waals surface area contributed by atoms with Crippen LogP contribution in [0.5, 0.6) is 5.75 Å². The molecule has 0 aromatic heterocycles. The Morgan fingerprint density at radius 2 is 2.05 bits per heavy atom. The summed E-state index contributed by atoms with van der Waals surface area (Å²) in [5.41, 5.74) is 0.945. The van der Waals surface area contributed by atoms with Crippen LogP contribution in [0.3, 0.4) is 0 Å². The zero-order valence-electron chi connectivity index (χ0n) is 12.4. The first-order valence-corrected chi connectivity index (χ1v) is 7.56. The molecular weight excluding hydrogens is 274 g/mol. The fraction of sp³-hybridized carbons (Fsp3) is 0.562. The highest BCUT2D eigenvalue weighted by atomic mass is 35.5. The van der Waals surface area contributed by atoms with Crippen molar-refractivity contribution < 1.29 is 9.53 Å². The lowest BCUT2D eigenvalue weighted by molar-refractivity contribution is -0.138. The van der Waals surface area contributed by atoms with Crippen LogP contribution in [0, 0.1) is 6.92 Å². The molecule has 3 nitrogen and oxygen atoms in total. The number of carbonyl (C=O) groups excluding carboxylic acids is 1. The van der Waals surface area contributed by atoms with E-state index >= 15 is 0 Å². The van der Waals surface area contributed by atoms with Crippen LogP contribution >= 0.6 is 11.6 Å². The van der Waals surface area contributed by atoms with Crippen molar-refractivity contribution in [3.63, 3.8) is 0 Å². The average molecular weight is 296 g/mol. The molecule has 1 aliphatic carbocycles. The predicted molar refractivity (Wildman–Crippen MR) is 81.3 cm³/mol. The highest BCUT2D eigenvalue weighted by molar-refractivity contribution is 6.30. The number of carbonyl (C=O) groups is 1. The highest BCUT2D eigenvalue weighted by Crippen LogP contribution is 2.25. The van der Waals surface area contributed by atoms with Gasteiger partial charge in [-0.3, -0.25) is 4.79 Å². The van der Waals surface area contributed by atoms with Gasteiger partial charge < -0.3 is 9.64 Å². The Hall–Kier alpha value is -1.22. The molecule has 110 valence electrons. The summed E-state index contributed by atoms with van der Waals surface area (Å²) in [5.74, 6) is 0.765. The Balaban J connectivity index is 1.99. The summed E-state index contributed by atoms with van der Waals surface area (Å²) in [4.78, 5) is 14.2. The first kappa shape index (κ1) is 15.2. The minimum atomic E-state index is -0.472. The largest absolute Gasteiger partial charge is 0.481 e. The quantitative estimate of drug-likeness (QED) is 0.845. The second kappa shape index (κ2) is 6.49. The lowest BCUT2D eigenvalue weighted by atomic mass is 10.2.